The molecule has 116 valence electrons. The second-order valence-electron chi connectivity index (χ2n) is 4.84. The van der Waals surface area contributed by atoms with Gasteiger partial charge in [-0.15, -0.1) is 0 Å². The first-order chi connectivity index (χ1) is 11.1. The van der Waals surface area contributed by atoms with E-state index >= 15 is 0 Å². The molecule has 0 atom stereocenters. The summed E-state index contributed by atoms with van der Waals surface area (Å²) < 4.78 is 6.97. The summed E-state index contributed by atoms with van der Waals surface area (Å²) in [6, 6.07) is 12.8. The third-order valence-electron chi connectivity index (χ3n) is 3.22. The maximum Gasteiger partial charge on any atom is 0.221 e. The molecule has 1 aromatic carbocycles. The highest BCUT2D eigenvalue weighted by atomic mass is 35.5. The van der Waals surface area contributed by atoms with Gasteiger partial charge < -0.3 is 4.42 Å². The first-order valence-corrected chi connectivity index (χ1v) is 7.60. The molecular formula is C17H12Cl2N2O2. The molecule has 23 heavy (non-hydrogen) atoms. The molecule has 2 heterocycles. The second-order valence-corrected chi connectivity index (χ2v) is 5.53. The zero-order chi connectivity index (χ0) is 16.4. The molecule has 0 N–H and O–H groups in total. The number of aryl methyl sites for hydroxylation is 1. The van der Waals surface area contributed by atoms with E-state index in [0.29, 0.717) is 11.5 Å². The Hall–Kier alpha value is -2.30. The highest BCUT2D eigenvalue weighted by Crippen LogP contribution is 2.26. The Morgan fingerprint density at radius 2 is 1.91 bits per heavy atom. The minimum atomic E-state index is -0.258. The summed E-state index contributed by atoms with van der Waals surface area (Å²) in [6.07, 6.45) is 2.96. The predicted octanol–water partition coefficient (Wildman–Crippen LogP) is 4.98. The molecule has 0 saturated carbocycles. The van der Waals surface area contributed by atoms with Gasteiger partial charge in [-0.3, -0.25) is 9.36 Å². The van der Waals surface area contributed by atoms with Gasteiger partial charge >= 0.3 is 0 Å². The Bertz CT molecular complexity index is 879. The number of allylic oxidation sites excluding steroid dienone is 1. The number of ketones is 1. The SMILES string of the molecule is Cc1ccc(C(=O)C=Cc2c(Cl)nc(Cl)n2-c2ccccc2)o1. The number of imidazole rings is 1. The Balaban J connectivity index is 1.97. The number of para-hydroxylation sites is 1. The van der Waals surface area contributed by atoms with Crippen molar-refractivity contribution in [3.63, 3.8) is 0 Å². The van der Waals surface area contributed by atoms with Gasteiger partial charge in [-0.2, -0.15) is 0 Å². The van der Waals surface area contributed by atoms with Crippen LogP contribution in [0.1, 0.15) is 22.0 Å². The maximum atomic E-state index is 12.1. The molecule has 0 radical (unpaired) electrons. The summed E-state index contributed by atoms with van der Waals surface area (Å²) in [5, 5.41) is 0.445. The molecule has 0 aliphatic rings. The number of furan rings is 1. The van der Waals surface area contributed by atoms with Crippen LogP contribution < -0.4 is 0 Å². The van der Waals surface area contributed by atoms with Crippen LogP contribution in [0.15, 0.2) is 53.0 Å². The molecule has 0 saturated heterocycles. The molecule has 0 amide bonds. The summed E-state index contributed by atoms with van der Waals surface area (Å²) in [7, 11) is 0. The topological polar surface area (TPSA) is 48.0 Å². The van der Waals surface area contributed by atoms with Crippen molar-refractivity contribution < 1.29 is 9.21 Å². The number of halogens is 2. The van der Waals surface area contributed by atoms with E-state index in [1.807, 2.05) is 30.3 Å². The molecule has 3 rings (SSSR count). The van der Waals surface area contributed by atoms with Crippen LogP contribution in [0, 0.1) is 6.92 Å². The summed E-state index contributed by atoms with van der Waals surface area (Å²) in [6.45, 7) is 1.78. The van der Waals surface area contributed by atoms with Crippen LogP contribution in [0.5, 0.6) is 0 Å². The Morgan fingerprint density at radius 1 is 1.17 bits per heavy atom. The third-order valence-corrected chi connectivity index (χ3v) is 3.75. The van der Waals surface area contributed by atoms with E-state index in [-0.39, 0.29) is 22.0 Å². The van der Waals surface area contributed by atoms with E-state index < -0.39 is 0 Å². The van der Waals surface area contributed by atoms with Crippen LogP contribution in [0.2, 0.25) is 10.4 Å². The summed E-state index contributed by atoms with van der Waals surface area (Å²) in [5.74, 6) is 0.690. The van der Waals surface area contributed by atoms with Crippen molar-refractivity contribution in [2.24, 2.45) is 0 Å². The average molecular weight is 347 g/mol. The van der Waals surface area contributed by atoms with Crippen molar-refractivity contribution in [1.29, 1.82) is 0 Å². The molecule has 3 aromatic rings. The fourth-order valence-corrected chi connectivity index (χ4v) is 2.69. The minimum Gasteiger partial charge on any atom is -0.458 e. The lowest BCUT2D eigenvalue weighted by atomic mass is 10.2. The van der Waals surface area contributed by atoms with Gasteiger partial charge in [0.2, 0.25) is 11.1 Å². The van der Waals surface area contributed by atoms with Crippen molar-refractivity contribution in [3.8, 4) is 5.69 Å². The van der Waals surface area contributed by atoms with Crippen LogP contribution in [-0.4, -0.2) is 15.3 Å². The van der Waals surface area contributed by atoms with Crippen LogP contribution in [0.25, 0.3) is 11.8 Å². The number of hydrogen-bond acceptors (Lipinski definition) is 3. The van der Waals surface area contributed by atoms with E-state index in [0.717, 1.165) is 5.69 Å². The van der Waals surface area contributed by atoms with Crippen molar-refractivity contribution in [2.45, 2.75) is 6.92 Å². The summed E-state index contributed by atoms with van der Waals surface area (Å²) in [4.78, 5) is 16.2. The van der Waals surface area contributed by atoms with E-state index in [2.05, 4.69) is 4.98 Å². The number of benzene rings is 1. The Morgan fingerprint density at radius 3 is 2.57 bits per heavy atom. The normalized spacial score (nSPS) is 11.3. The molecule has 4 nitrogen and oxygen atoms in total. The van der Waals surface area contributed by atoms with Gasteiger partial charge in [-0.1, -0.05) is 29.8 Å². The standard InChI is InChI=1S/C17H12Cl2N2O2/c1-11-7-10-15(23-11)14(22)9-8-13-16(18)20-17(19)21(13)12-5-3-2-4-6-12/h2-10H,1H3. The van der Waals surface area contributed by atoms with Gasteiger partial charge in [0.25, 0.3) is 0 Å². The summed E-state index contributed by atoms with van der Waals surface area (Å²) in [5.41, 5.74) is 1.33. The number of nitrogens with zero attached hydrogens (tertiary/aromatic N) is 2. The Kier molecular flexibility index (Phi) is 4.37. The van der Waals surface area contributed by atoms with Gasteiger partial charge in [-0.25, -0.2) is 4.98 Å². The number of rotatable bonds is 4. The molecule has 0 spiro atoms. The van der Waals surface area contributed by atoms with E-state index in [9.17, 15) is 4.79 Å². The average Bonchev–Trinajstić information content (AvgIpc) is 3.09. The number of carbonyl (C=O) groups is 1. The van der Waals surface area contributed by atoms with Crippen molar-refractivity contribution in [3.05, 3.63) is 76.2 Å². The van der Waals surface area contributed by atoms with Crippen molar-refractivity contribution in [1.82, 2.24) is 9.55 Å². The lowest BCUT2D eigenvalue weighted by molar-refractivity contribution is 0.102. The monoisotopic (exact) mass is 346 g/mol. The molecule has 0 fully saturated rings. The van der Waals surface area contributed by atoms with Crippen LogP contribution in [-0.2, 0) is 0 Å². The van der Waals surface area contributed by atoms with Crippen LogP contribution >= 0.6 is 23.2 Å². The predicted molar refractivity (Wildman–Crippen MR) is 90.4 cm³/mol. The smallest absolute Gasteiger partial charge is 0.221 e. The first kappa shape index (κ1) is 15.6. The maximum absolute atomic E-state index is 12.1. The minimum absolute atomic E-state index is 0.221. The Labute approximate surface area is 143 Å². The lowest BCUT2D eigenvalue weighted by Crippen LogP contribution is -1.97. The van der Waals surface area contributed by atoms with Crippen molar-refractivity contribution in [2.75, 3.05) is 0 Å². The molecule has 0 aliphatic heterocycles. The van der Waals surface area contributed by atoms with E-state index in [4.69, 9.17) is 27.6 Å². The van der Waals surface area contributed by atoms with Crippen LogP contribution in [0.4, 0.5) is 0 Å². The molecule has 0 bridgehead atoms. The first-order valence-electron chi connectivity index (χ1n) is 6.84. The molecule has 0 unspecified atom stereocenters. The molecular weight excluding hydrogens is 335 g/mol. The van der Waals surface area contributed by atoms with E-state index in [1.165, 1.54) is 6.08 Å². The second kappa shape index (κ2) is 6.44. The largest absolute Gasteiger partial charge is 0.458 e. The van der Waals surface area contributed by atoms with Gasteiger partial charge in [0.15, 0.2) is 10.9 Å². The highest BCUT2D eigenvalue weighted by molar-refractivity contribution is 6.33. The molecule has 6 heteroatoms. The zero-order valence-electron chi connectivity index (χ0n) is 12.2. The van der Waals surface area contributed by atoms with Gasteiger partial charge in [0.1, 0.15) is 5.76 Å². The number of carbonyl (C=O) groups excluding carboxylic acids is 1. The van der Waals surface area contributed by atoms with Crippen molar-refractivity contribution >= 4 is 35.1 Å². The zero-order valence-corrected chi connectivity index (χ0v) is 13.7. The highest BCUT2D eigenvalue weighted by Gasteiger charge is 2.14. The quantitative estimate of drug-likeness (QED) is 0.494. The van der Waals surface area contributed by atoms with Crippen LogP contribution in [0.3, 0.4) is 0 Å². The fraction of sp³-hybridized carbons (Fsp3) is 0.0588. The lowest BCUT2D eigenvalue weighted by Gasteiger charge is -2.06. The number of hydrogen-bond donors (Lipinski definition) is 0. The summed E-state index contributed by atoms with van der Waals surface area (Å²) >= 11 is 12.3. The van der Waals surface area contributed by atoms with Gasteiger partial charge in [-0.05, 0) is 54.9 Å². The number of aromatic nitrogens is 2. The van der Waals surface area contributed by atoms with Gasteiger partial charge in [0, 0.05) is 5.69 Å². The fourth-order valence-electron chi connectivity index (χ4n) is 2.15. The third kappa shape index (κ3) is 3.23. The molecule has 2 aromatic heterocycles. The molecule has 0 aliphatic carbocycles. The van der Waals surface area contributed by atoms with Gasteiger partial charge in [0.05, 0.1) is 5.69 Å². The van der Waals surface area contributed by atoms with E-state index in [1.54, 1.807) is 29.7 Å².